The van der Waals surface area contributed by atoms with Crippen molar-refractivity contribution < 1.29 is 23.7 Å². The van der Waals surface area contributed by atoms with Crippen LogP contribution in [0.25, 0.3) is 11.1 Å². The molecule has 3 rings (SSSR count). The van der Waals surface area contributed by atoms with Gasteiger partial charge in [0.1, 0.15) is 24.7 Å². The fourth-order valence-corrected chi connectivity index (χ4v) is 2.79. The highest BCUT2D eigenvalue weighted by Crippen LogP contribution is 2.32. The van der Waals surface area contributed by atoms with Crippen molar-refractivity contribution in [1.29, 1.82) is 0 Å². The van der Waals surface area contributed by atoms with Crippen molar-refractivity contribution in [2.75, 3.05) is 33.5 Å². The zero-order chi connectivity index (χ0) is 19.3. The van der Waals surface area contributed by atoms with E-state index in [0.29, 0.717) is 25.4 Å². The van der Waals surface area contributed by atoms with E-state index in [9.17, 15) is 4.79 Å². The third-order valence-electron chi connectivity index (χ3n) is 4.49. The molecule has 5 nitrogen and oxygen atoms in total. The van der Waals surface area contributed by atoms with Crippen LogP contribution in [0, 0.1) is 5.41 Å². The van der Waals surface area contributed by atoms with Crippen LogP contribution in [-0.2, 0) is 14.3 Å². The minimum Gasteiger partial charge on any atom is -0.496 e. The van der Waals surface area contributed by atoms with Crippen LogP contribution in [0.3, 0.4) is 0 Å². The molecule has 0 radical (unpaired) electrons. The summed E-state index contributed by atoms with van der Waals surface area (Å²) >= 11 is 0. The lowest BCUT2D eigenvalue weighted by Crippen LogP contribution is -2.51. The number of hydrogen-bond donors (Lipinski definition) is 0. The fourth-order valence-electron chi connectivity index (χ4n) is 2.79. The number of hydrogen-bond acceptors (Lipinski definition) is 5. The SMILES string of the molecule is C=C(C)C(=O)OCC1(COc2ccc(-c3ccccc3OC)cc2)COC1. The Balaban J connectivity index is 1.61. The van der Waals surface area contributed by atoms with Crippen LogP contribution < -0.4 is 9.47 Å². The zero-order valence-corrected chi connectivity index (χ0v) is 15.7. The van der Waals surface area contributed by atoms with E-state index in [0.717, 1.165) is 22.6 Å². The van der Waals surface area contributed by atoms with Crippen molar-refractivity contribution in [3.05, 3.63) is 60.7 Å². The molecule has 2 aromatic rings. The van der Waals surface area contributed by atoms with Crippen molar-refractivity contribution in [2.45, 2.75) is 6.92 Å². The maximum absolute atomic E-state index is 11.6. The van der Waals surface area contributed by atoms with Crippen LogP contribution in [-0.4, -0.2) is 39.5 Å². The summed E-state index contributed by atoms with van der Waals surface area (Å²) in [6, 6.07) is 15.7. The van der Waals surface area contributed by atoms with Crippen molar-refractivity contribution in [1.82, 2.24) is 0 Å². The van der Waals surface area contributed by atoms with Gasteiger partial charge in [-0.1, -0.05) is 36.9 Å². The van der Waals surface area contributed by atoms with E-state index in [1.807, 2.05) is 48.5 Å². The molecule has 0 spiro atoms. The lowest BCUT2D eigenvalue weighted by molar-refractivity contribution is -0.174. The van der Waals surface area contributed by atoms with Crippen molar-refractivity contribution >= 4 is 5.97 Å². The van der Waals surface area contributed by atoms with E-state index in [1.54, 1.807) is 14.0 Å². The first-order chi connectivity index (χ1) is 13.0. The highest BCUT2D eigenvalue weighted by Gasteiger charge is 2.41. The van der Waals surface area contributed by atoms with Crippen LogP contribution in [0.2, 0.25) is 0 Å². The molecule has 0 atom stereocenters. The standard InChI is InChI=1S/C22H24O5/c1-16(2)21(23)27-15-22(12-25-13-22)14-26-18-10-8-17(9-11-18)19-6-4-5-7-20(19)24-3/h4-11H,1,12-15H2,2-3H3. The number of para-hydroxylation sites is 1. The number of carbonyl (C=O) groups is 1. The highest BCUT2D eigenvalue weighted by atomic mass is 16.6. The quantitative estimate of drug-likeness (QED) is 0.523. The van der Waals surface area contributed by atoms with Gasteiger partial charge in [-0.25, -0.2) is 4.79 Å². The van der Waals surface area contributed by atoms with E-state index in [2.05, 4.69) is 6.58 Å². The Kier molecular flexibility index (Phi) is 5.81. The number of esters is 1. The molecular weight excluding hydrogens is 344 g/mol. The van der Waals surface area contributed by atoms with Crippen molar-refractivity contribution in [3.63, 3.8) is 0 Å². The summed E-state index contributed by atoms with van der Waals surface area (Å²) in [5.41, 5.74) is 2.17. The Bertz CT molecular complexity index is 806. The van der Waals surface area contributed by atoms with Gasteiger partial charge >= 0.3 is 5.97 Å². The van der Waals surface area contributed by atoms with Crippen molar-refractivity contribution in [3.8, 4) is 22.6 Å². The largest absolute Gasteiger partial charge is 0.496 e. The van der Waals surface area contributed by atoms with Crippen LogP contribution in [0.4, 0.5) is 0 Å². The third-order valence-corrected chi connectivity index (χ3v) is 4.49. The second kappa shape index (κ2) is 8.27. The molecule has 0 aromatic heterocycles. The molecule has 0 unspecified atom stereocenters. The van der Waals surface area contributed by atoms with Crippen LogP contribution in [0.15, 0.2) is 60.7 Å². The summed E-state index contributed by atoms with van der Waals surface area (Å²) in [5, 5.41) is 0. The predicted molar refractivity (Wildman–Crippen MR) is 103 cm³/mol. The summed E-state index contributed by atoms with van der Waals surface area (Å²) in [6.07, 6.45) is 0. The minimum absolute atomic E-state index is 0.262. The molecule has 1 saturated heterocycles. The Morgan fingerprint density at radius 2 is 1.81 bits per heavy atom. The first-order valence-corrected chi connectivity index (χ1v) is 8.80. The molecular formula is C22H24O5. The molecule has 1 aliphatic rings. The topological polar surface area (TPSA) is 54.0 Å². The number of carbonyl (C=O) groups excluding carboxylic acids is 1. The molecule has 1 fully saturated rings. The number of rotatable bonds is 8. The summed E-state index contributed by atoms with van der Waals surface area (Å²) in [7, 11) is 1.66. The Labute approximate surface area is 159 Å². The van der Waals surface area contributed by atoms with Gasteiger partial charge in [0.2, 0.25) is 0 Å². The smallest absolute Gasteiger partial charge is 0.333 e. The average molecular weight is 368 g/mol. The van der Waals surface area contributed by atoms with Gasteiger partial charge in [0.15, 0.2) is 0 Å². The predicted octanol–water partition coefficient (Wildman–Crippen LogP) is 3.88. The number of methoxy groups -OCH3 is 1. The van der Waals surface area contributed by atoms with Gasteiger partial charge in [0, 0.05) is 11.1 Å². The number of ether oxygens (including phenoxy) is 4. The Morgan fingerprint density at radius 1 is 1.11 bits per heavy atom. The lowest BCUT2D eigenvalue weighted by Gasteiger charge is -2.40. The molecule has 27 heavy (non-hydrogen) atoms. The van der Waals surface area contributed by atoms with Crippen LogP contribution in [0.5, 0.6) is 11.5 Å². The molecule has 142 valence electrons. The summed E-state index contributed by atoms with van der Waals surface area (Å²) in [4.78, 5) is 11.6. The highest BCUT2D eigenvalue weighted by molar-refractivity contribution is 5.86. The maximum atomic E-state index is 11.6. The first kappa shape index (κ1) is 19.0. The molecule has 5 heteroatoms. The van der Waals surface area contributed by atoms with E-state index in [4.69, 9.17) is 18.9 Å². The summed E-state index contributed by atoms with van der Waals surface area (Å²) < 4.78 is 21.9. The average Bonchev–Trinajstić information content (AvgIpc) is 2.67. The van der Waals surface area contributed by atoms with Gasteiger partial charge in [-0.2, -0.15) is 0 Å². The van der Waals surface area contributed by atoms with E-state index >= 15 is 0 Å². The normalized spacial score (nSPS) is 14.7. The lowest BCUT2D eigenvalue weighted by atomic mass is 9.88. The molecule has 1 aliphatic heterocycles. The second-order valence-corrected chi connectivity index (χ2v) is 6.86. The van der Waals surface area contributed by atoms with E-state index < -0.39 is 0 Å². The third kappa shape index (κ3) is 4.49. The molecule has 0 aliphatic carbocycles. The van der Waals surface area contributed by atoms with Gasteiger partial charge in [-0.3, -0.25) is 0 Å². The number of benzene rings is 2. The van der Waals surface area contributed by atoms with E-state index in [1.165, 1.54) is 0 Å². The summed E-state index contributed by atoms with van der Waals surface area (Å²) in [6.45, 7) is 6.93. The summed E-state index contributed by atoms with van der Waals surface area (Å²) in [5.74, 6) is 1.20. The van der Waals surface area contributed by atoms with Crippen LogP contribution in [0.1, 0.15) is 6.92 Å². The second-order valence-electron chi connectivity index (χ2n) is 6.86. The molecule has 2 aromatic carbocycles. The van der Waals surface area contributed by atoms with Crippen LogP contribution >= 0.6 is 0 Å². The Hall–Kier alpha value is -2.79. The van der Waals surface area contributed by atoms with Gasteiger partial charge < -0.3 is 18.9 Å². The molecule has 0 saturated carbocycles. The molecule has 0 bridgehead atoms. The van der Waals surface area contributed by atoms with Gasteiger partial charge in [-0.15, -0.1) is 0 Å². The van der Waals surface area contributed by atoms with E-state index in [-0.39, 0.29) is 18.0 Å². The maximum Gasteiger partial charge on any atom is 0.333 e. The van der Waals surface area contributed by atoms with Crippen molar-refractivity contribution in [2.24, 2.45) is 5.41 Å². The fraction of sp³-hybridized carbons (Fsp3) is 0.318. The molecule has 0 amide bonds. The first-order valence-electron chi connectivity index (χ1n) is 8.80. The zero-order valence-electron chi connectivity index (χ0n) is 15.7. The minimum atomic E-state index is -0.387. The Morgan fingerprint density at radius 3 is 2.41 bits per heavy atom. The molecule has 1 heterocycles. The molecule has 0 N–H and O–H groups in total. The van der Waals surface area contributed by atoms with Gasteiger partial charge in [-0.05, 0) is 30.7 Å². The van der Waals surface area contributed by atoms with Gasteiger partial charge in [0.05, 0.1) is 25.7 Å². The van der Waals surface area contributed by atoms with Gasteiger partial charge in [0.25, 0.3) is 0 Å². The monoisotopic (exact) mass is 368 g/mol.